The monoisotopic (exact) mass is 569 g/mol. The van der Waals surface area contributed by atoms with Gasteiger partial charge < -0.3 is 5.32 Å². The van der Waals surface area contributed by atoms with Crippen molar-refractivity contribution in [3.05, 3.63) is 76.2 Å². The Morgan fingerprint density at radius 1 is 0.974 bits per heavy atom. The predicted molar refractivity (Wildman–Crippen MR) is 151 cm³/mol. The van der Waals surface area contributed by atoms with Crippen molar-refractivity contribution in [1.82, 2.24) is 15.8 Å². The highest BCUT2D eigenvalue weighted by molar-refractivity contribution is 7.92. The number of sulfonamides is 1. The molecule has 3 aromatic rings. The van der Waals surface area contributed by atoms with Gasteiger partial charge in [-0.2, -0.15) is 0 Å². The molecule has 0 saturated heterocycles. The maximum atomic E-state index is 13.2. The first-order valence-electron chi connectivity index (χ1n) is 12.4. The topological polar surface area (TPSA) is 128 Å². The summed E-state index contributed by atoms with van der Waals surface area (Å²) in [6, 6.07) is 14.7. The summed E-state index contributed by atoms with van der Waals surface area (Å²) in [5.41, 5.74) is 6.63. The Balaban J connectivity index is 1.58. The molecular formula is C27H31N5O5S2. The Kier molecular flexibility index (Phi) is 8.38. The molecular weight excluding hydrogens is 538 g/mol. The van der Waals surface area contributed by atoms with Crippen LogP contribution in [0.4, 0.5) is 10.7 Å². The van der Waals surface area contributed by atoms with Crippen molar-refractivity contribution in [3.63, 3.8) is 0 Å². The molecule has 0 fully saturated rings. The Labute approximate surface area is 232 Å². The number of carbonyl (C=O) groups excluding carboxylic acids is 3. The van der Waals surface area contributed by atoms with Crippen LogP contribution in [0.1, 0.15) is 51.9 Å². The quantitative estimate of drug-likeness (QED) is 0.375. The summed E-state index contributed by atoms with van der Waals surface area (Å²) < 4.78 is 27.3. The molecule has 1 aliphatic rings. The second-order valence-electron chi connectivity index (χ2n) is 9.44. The Hall–Kier alpha value is -3.74. The van der Waals surface area contributed by atoms with Crippen LogP contribution in [0, 0.1) is 0 Å². The molecule has 0 spiro atoms. The number of carbonyl (C=O) groups is 3. The number of fused-ring (bicyclic) bond motifs is 1. The Morgan fingerprint density at radius 3 is 2.26 bits per heavy atom. The van der Waals surface area contributed by atoms with Gasteiger partial charge in [-0.15, -0.1) is 11.3 Å². The number of hydrogen-bond donors (Lipinski definition) is 3. The number of benzene rings is 2. The third-order valence-electron chi connectivity index (χ3n) is 6.52. The average Bonchev–Trinajstić information content (AvgIpc) is 3.28. The largest absolute Gasteiger partial charge is 0.313 e. The van der Waals surface area contributed by atoms with Gasteiger partial charge >= 0.3 is 0 Å². The first-order valence-corrected chi connectivity index (χ1v) is 14.7. The molecule has 10 nitrogen and oxygen atoms in total. The van der Waals surface area contributed by atoms with E-state index >= 15 is 0 Å². The number of nitrogens with zero attached hydrogens (tertiary/aromatic N) is 2. The highest BCUT2D eigenvalue weighted by Crippen LogP contribution is 2.38. The molecule has 0 saturated carbocycles. The fourth-order valence-electron chi connectivity index (χ4n) is 4.29. The van der Waals surface area contributed by atoms with Gasteiger partial charge in [-0.1, -0.05) is 18.2 Å². The van der Waals surface area contributed by atoms with Crippen LogP contribution >= 0.6 is 11.3 Å². The number of amides is 3. The molecule has 3 N–H and O–H groups in total. The number of para-hydroxylation sites is 1. The van der Waals surface area contributed by atoms with Crippen molar-refractivity contribution >= 4 is 49.8 Å². The van der Waals surface area contributed by atoms with Crippen molar-refractivity contribution in [2.24, 2.45) is 0 Å². The summed E-state index contributed by atoms with van der Waals surface area (Å²) in [6.07, 6.45) is 0.629. The molecule has 39 heavy (non-hydrogen) atoms. The maximum Gasteiger partial charge on any atom is 0.272 e. The lowest BCUT2D eigenvalue weighted by Crippen LogP contribution is -2.41. The third kappa shape index (κ3) is 6.13. The van der Waals surface area contributed by atoms with Crippen molar-refractivity contribution in [2.75, 3.05) is 23.2 Å². The average molecular weight is 570 g/mol. The highest BCUT2D eigenvalue weighted by Gasteiger charge is 2.30. The molecule has 4 rings (SSSR count). The molecule has 2 aromatic carbocycles. The molecule has 3 amide bonds. The van der Waals surface area contributed by atoms with Crippen LogP contribution in [-0.2, 0) is 27.8 Å². The van der Waals surface area contributed by atoms with Crippen LogP contribution in [-0.4, -0.2) is 50.7 Å². The molecule has 0 aliphatic carbocycles. The molecule has 0 bridgehead atoms. The van der Waals surface area contributed by atoms with Crippen molar-refractivity contribution in [2.45, 2.75) is 44.7 Å². The maximum absolute atomic E-state index is 13.2. The molecule has 1 aromatic heterocycles. The summed E-state index contributed by atoms with van der Waals surface area (Å²) in [5, 5.41) is 3.21. The lowest BCUT2D eigenvalue weighted by Gasteiger charge is -2.30. The van der Waals surface area contributed by atoms with Gasteiger partial charge in [-0.05, 0) is 62.2 Å². The summed E-state index contributed by atoms with van der Waals surface area (Å²) in [4.78, 5) is 40.8. The van der Waals surface area contributed by atoms with Crippen LogP contribution in [0.15, 0.2) is 59.5 Å². The summed E-state index contributed by atoms with van der Waals surface area (Å²) in [6.45, 7) is 6.91. The third-order valence-corrected chi connectivity index (χ3v) is 9.45. The molecule has 206 valence electrons. The fourth-order valence-corrected chi connectivity index (χ4v) is 6.75. The zero-order chi connectivity index (χ0) is 28.3. The second-order valence-corrected chi connectivity index (χ2v) is 12.5. The number of thiophene rings is 1. The van der Waals surface area contributed by atoms with Gasteiger partial charge in [0.05, 0.1) is 16.1 Å². The van der Waals surface area contributed by atoms with Gasteiger partial charge in [0, 0.05) is 43.5 Å². The van der Waals surface area contributed by atoms with Crippen LogP contribution in [0.25, 0.3) is 0 Å². The normalized spacial score (nSPS) is 13.5. The van der Waals surface area contributed by atoms with E-state index in [4.69, 9.17) is 0 Å². The van der Waals surface area contributed by atoms with E-state index in [0.717, 1.165) is 17.0 Å². The molecule has 0 atom stereocenters. The van der Waals surface area contributed by atoms with Gasteiger partial charge in [-0.3, -0.25) is 34.4 Å². The fraction of sp³-hybridized carbons (Fsp3) is 0.296. The summed E-state index contributed by atoms with van der Waals surface area (Å²) in [5.74, 6) is -1.42. The molecule has 0 unspecified atom stereocenters. The van der Waals surface area contributed by atoms with E-state index in [9.17, 15) is 22.8 Å². The smallest absolute Gasteiger partial charge is 0.272 e. The van der Waals surface area contributed by atoms with Crippen LogP contribution in [0.2, 0.25) is 0 Å². The van der Waals surface area contributed by atoms with Crippen LogP contribution < -0.4 is 20.5 Å². The van der Waals surface area contributed by atoms with Crippen molar-refractivity contribution in [1.29, 1.82) is 0 Å². The van der Waals surface area contributed by atoms with E-state index < -0.39 is 27.7 Å². The van der Waals surface area contributed by atoms with Gasteiger partial charge in [0.2, 0.25) is 5.91 Å². The molecule has 12 heteroatoms. The number of rotatable bonds is 7. The SMILES string of the molecule is CC(=O)NNC(=O)c1c(NC(=O)c2ccc(S(=O)(=O)N(C)c3ccccc3)cc2)sc2c1CCN(C(C)C)C2. The van der Waals surface area contributed by atoms with Gasteiger partial charge in [0.1, 0.15) is 5.00 Å². The van der Waals surface area contributed by atoms with E-state index in [1.54, 1.807) is 30.3 Å². The summed E-state index contributed by atoms with van der Waals surface area (Å²) >= 11 is 1.33. The minimum Gasteiger partial charge on any atom is -0.313 e. The van der Waals surface area contributed by atoms with E-state index in [1.807, 2.05) is 0 Å². The standard InChI is InChI=1S/C27H31N5O5S2/c1-17(2)32-15-14-22-23(16-32)38-27(24(22)26(35)30-29-18(3)33)28-25(34)19-10-12-21(13-11-19)39(36,37)31(4)20-8-6-5-7-9-20/h5-13,17H,14-16H2,1-4H3,(H,28,34)(H,29,33)(H,30,35). The van der Waals surface area contributed by atoms with E-state index in [1.165, 1.54) is 53.9 Å². The van der Waals surface area contributed by atoms with Gasteiger partial charge in [0.15, 0.2) is 0 Å². The minimum atomic E-state index is -3.83. The van der Waals surface area contributed by atoms with E-state index in [-0.39, 0.29) is 10.5 Å². The number of hydrazine groups is 1. The number of hydrogen-bond acceptors (Lipinski definition) is 7. The van der Waals surface area contributed by atoms with Crippen molar-refractivity contribution in [3.8, 4) is 0 Å². The highest BCUT2D eigenvalue weighted by atomic mass is 32.2. The van der Waals surface area contributed by atoms with Gasteiger partial charge in [0.25, 0.3) is 21.8 Å². The number of nitrogens with one attached hydrogen (secondary N) is 3. The first kappa shape index (κ1) is 28.3. The zero-order valence-corrected chi connectivity index (χ0v) is 23.8. The van der Waals surface area contributed by atoms with Gasteiger partial charge in [-0.25, -0.2) is 8.42 Å². The molecule has 1 aliphatic heterocycles. The van der Waals surface area contributed by atoms with Crippen molar-refractivity contribution < 1.29 is 22.8 Å². The van der Waals surface area contributed by atoms with E-state index in [2.05, 4.69) is 34.9 Å². The Bertz CT molecular complexity index is 1480. The number of anilines is 2. The first-order chi connectivity index (χ1) is 18.5. The van der Waals surface area contributed by atoms with Crippen LogP contribution in [0.5, 0.6) is 0 Å². The van der Waals surface area contributed by atoms with E-state index in [0.29, 0.717) is 35.3 Å². The summed E-state index contributed by atoms with van der Waals surface area (Å²) in [7, 11) is -2.36. The second kappa shape index (κ2) is 11.6. The predicted octanol–water partition coefficient (Wildman–Crippen LogP) is 3.37. The lowest BCUT2D eigenvalue weighted by atomic mass is 10.0. The van der Waals surface area contributed by atoms with Crippen LogP contribution in [0.3, 0.4) is 0 Å². The minimum absolute atomic E-state index is 0.0427. The zero-order valence-electron chi connectivity index (χ0n) is 22.1. The molecule has 0 radical (unpaired) electrons. The Morgan fingerprint density at radius 2 is 1.64 bits per heavy atom. The lowest BCUT2D eigenvalue weighted by molar-refractivity contribution is -0.119. The molecule has 2 heterocycles.